The number of hydrogen-bond acceptors (Lipinski definition) is 2. The molecule has 3 N–H and O–H groups in total. The van der Waals surface area contributed by atoms with Crippen LogP contribution in [0.5, 0.6) is 0 Å². The molecule has 0 spiro atoms. The lowest BCUT2D eigenvalue weighted by Gasteiger charge is -2.26. The van der Waals surface area contributed by atoms with Crippen LogP contribution >= 0.6 is 12.2 Å². The number of rotatable bonds is 1. The van der Waals surface area contributed by atoms with Crippen LogP contribution in [-0.2, 0) is 0 Å². The zero-order chi connectivity index (χ0) is 10.2. The Morgan fingerprint density at radius 1 is 1.07 bits per heavy atom. The van der Waals surface area contributed by atoms with Gasteiger partial charge in [0.15, 0.2) is 0 Å². The molecule has 0 aromatic carbocycles. The van der Waals surface area contributed by atoms with Gasteiger partial charge in [0.1, 0.15) is 0 Å². The topological polar surface area (TPSA) is 38.0 Å². The average Bonchev–Trinajstić information content (AvgIpc) is 2.73. The van der Waals surface area contributed by atoms with E-state index in [2.05, 4.69) is 23.3 Å². The van der Waals surface area contributed by atoms with Crippen LogP contribution in [0, 0.1) is 11.8 Å². The van der Waals surface area contributed by atoms with Gasteiger partial charge in [-0.05, 0) is 31.3 Å². The van der Waals surface area contributed by atoms with E-state index in [1.807, 2.05) is 0 Å². The van der Waals surface area contributed by atoms with Crippen molar-refractivity contribution in [3.05, 3.63) is 0 Å². The Kier molecular flexibility index (Phi) is 6.12. The lowest BCUT2D eigenvalue weighted by atomic mass is 9.80. The van der Waals surface area contributed by atoms with Crippen LogP contribution in [0.2, 0.25) is 0 Å². The molecule has 3 heteroatoms. The van der Waals surface area contributed by atoms with Crippen LogP contribution in [0.15, 0.2) is 0 Å². The molecular formula is C11H22N2S. The summed E-state index contributed by atoms with van der Waals surface area (Å²) in [7, 11) is 0. The van der Waals surface area contributed by atoms with E-state index in [4.69, 9.17) is 0 Å². The third-order valence-corrected chi connectivity index (χ3v) is 3.41. The number of hydrogen-bond donors (Lipinski definition) is 2. The quantitative estimate of drug-likeness (QED) is 0.656. The van der Waals surface area contributed by atoms with Crippen LogP contribution in [-0.4, -0.2) is 18.6 Å². The molecule has 2 aliphatic rings. The van der Waals surface area contributed by atoms with E-state index in [0.29, 0.717) is 0 Å². The summed E-state index contributed by atoms with van der Waals surface area (Å²) in [4.78, 5) is 0. The average molecular weight is 214 g/mol. The van der Waals surface area contributed by atoms with Gasteiger partial charge in [0, 0.05) is 0 Å². The molecule has 1 heterocycles. The Balaban J connectivity index is 0.000000293. The fraction of sp³-hybridized carbons (Fsp3) is 0.909. The molecule has 1 saturated carbocycles. The summed E-state index contributed by atoms with van der Waals surface area (Å²) in [6, 6.07) is 0. The molecule has 0 bridgehead atoms. The number of nitrogens with one attached hydrogen (secondary N) is 1. The molecule has 1 aliphatic heterocycles. The maximum absolute atomic E-state index is 4.54. The van der Waals surface area contributed by atoms with E-state index in [9.17, 15) is 0 Å². The summed E-state index contributed by atoms with van der Waals surface area (Å²) in [5.74, 6) is 2.12. The minimum absolute atomic E-state index is 1.04. The standard InChI is InChI=1S/C10H19N.CH3NS/c1-2-4-9(5-3-1)10-6-7-11-8-10;2-1-3/h9-11H,1-8H2;1H,(H2,2,3). The lowest BCUT2D eigenvalue weighted by molar-refractivity contribution is 0.263. The van der Waals surface area contributed by atoms with Gasteiger partial charge < -0.3 is 11.1 Å². The van der Waals surface area contributed by atoms with Crippen LogP contribution < -0.4 is 11.1 Å². The predicted octanol–water partition coefficient (Wildman–Crippen LogP) is 2.08. The molecule has 82 valence electrons. The summed E-state index contributed by atoms with van der Waals surface area (Å²) in [5, 5.41) is 3.47. The van der Waals surface area contributed by atoms with Crippen molar-refractivity contribution in [1.82, 2.24) is 5.32 Å². The van der Waals surface area contributed by atoms with Crippen molar-refractivity contribution in [2.75, 3.05) is 13.1 Å². The first-order valence-electron chi connectivity index (χ1n) is 5.74. The van der Waals surface area contributed by atoms with E-state index >= 15 is 0 Å². The Labute approximate surface area is 92.6 Å². The normalized spacial score (nSPS) is 27.9. The zero-order valence-electron chi connectivity index (χ0n) is 8.87. The van der Waals surface area contributed by atoms with Crippen molar-refractivity contribution in [3.8, 4) is 0 Å². The van der Waals surface area contributed by atoms with Crippen LogP contribution in [0.3, 0.4) is 0 Å². The molecular weight excluding hydrogens is 192 g/mol. The second-order valence-electron chi connectivity index (χ2n) is 4.29. The molecule has 1 atom stereocenters. The molecule has 2 fully saturated rings. The molecule has 0 radical (unpaired) electrons. The monoisotopic (exact) mass is 214 g/mol. The third kappa shape index (κ3) is 3.93. The lowest BCUT2D eigenvalue weighted by Crippen LogP contribution is -2.20. The highest BCUT2D eigenvalue weighted by molar-refractivity contribution is 7.78. The summed E-state index contributed by atoms with van der Waals surface area (Å²) in [6.45, 7) is 2.59. The summed E-state index contributed by atoms with van der Waals surface area (Å²) in [5.41, 5.74) is 5.62. The van der Waals surface area contributed by atoms with Gasteiger partial charge in [-0.15, -0.1) is 0 Å². The second kappa shape index (κ2) is 7.18. The van der Waals surface area contributed by atoms with Crippen LogP contribution in [0.1, 0.15) is 38.5 Å². The first kappa shape index (κ1) is 11.9. The van der Waals surface area contributed by atoms with Crippen molar-refractivity contribution in [3.63, 3.8) is 0 Å². The van der Waals surface area contributed by atoms with E-state index in [0.717, 1.165) is 17.3 Å². The van der Waals surface area contributed by atoms with E-state index in [1.165, 1.54) is 51.6 Å². The van der Waals surface area contributed by atoms with Crippen molar-refractivity contribution in [2.24, 2.45) is 17.6 Å². The fourth-order valence-electron chi connectivity index (χ4n) is 2.68. The van der Waals surface area contributed by atoms with E-state index in [1.54, 1.807) is 0 Å². The van der Waals surface area contributed by atoms with Crippen molar-refractivity contribution in [1.29, 1.82) is 0 Å². The zero-order valence-corrected chi connectivity index (χ0v) is 9.69. The molecule has 0 amide bonds. The summed E-state index contributed by atoms with van der Waals surface area (Å²) < 4.78 is 0. The molecule has 2 nitrogen and oxygen atoms in total. The molecule has 1 unspecified atom stereocenters. The Hall–Kier alpha value is -0.150. The second-order valence-corrected chi connectivity index (χ2v) is 4.56. The van der Waals surface area contributed by atoms with Crippen molar-refractivity contribution < 1.29 is 0 Å². The van der Waals surface area contributed by atoms with Gasteiger partial charge >= 0.3 is 0 Å². The molecule has 14 heavy (non-hydrogen) atoms. The van der Waals surface area contributed by atoms with Gasteiger partial charge in [-0.2, -0.15) is 0 Å². The minimum atomic E-state index is 1.04. The molecule has 1 aliphatic carbocycles. The van der Waals surface area contributed by atoms with Gasteiger partial charge in [-0.3, -0.25) is 0 Å². The SMILES string of the molecule is C1CCC(C2CCNC2)CC1.NC=S. The Morgan fingerprint density at radius 3 is 2.21 bits per heavy atom. The molecule has 2 rings (SSSR count). The fourth-order valence-corrected chi connectivity index (χ4v) is 2.68. The highest BCUT2D eigenvalue weighted by Crippen LogP contribution is 2.32. The van der Waals surface area contributed by atoms with Gasteiger partial charge in [0.2, 0.25) is 0 Å². The maximum Gasteiger partial charge on any atom is 0.0588 e. The molecule has 0 aromatic heterocycles. The Morgan fingerprint density at radius 2 is 1.71 bits per heavy atom. The largest absolute Gasteiger partial charge is 0.396 e. The van der Waals surface area contributed by atoms with Crippen molar-refractivity contribution >= 4 is 17.7 Å². The van der Waals surface area contributed by atoms with Gasteiger partial charge in [0.25, 0.3) is 0 Å². The first-order chi connectivity index (χ1) is 6.88. The van der Waals surface area contributed by atoms with Gasteiger partial charge in [-0.25, -0.2) is 0 Å². The number of nitrogens with two attached hydrogens (primary N) is 1. The highest BCUT2D eigenvalue weighted by Gasteiger charge is 2.25. The van der Waals surface area contributed by atoms with E-state index in [-0.39, 0.29) is 0 Å². The van der Waals surface area contributed by atoms with Gasteiger partial charge in [0.05, 0.1) is 5.49 Å². The summed E-state index contributed by atoms with van der Waals surface area (Å²) >= 11 is 4.05. The number of thiocarbonyl (C=S) groups is 1. The smallest absolute Gasteiger partial charge is 0.0588 e. The predicted molar refractivity (Wildman–Crippen MR) is 65.4 cm³/mol. The summed E-state index contributed by atoms with van der Waals surface area (Å²) in [6.07, 6.45) is 8.99. The Bertz CT molecular complexity index is 149. The van der Waals surface area contributed by atoms with Crippen molar-refractivity contribution in [2.45, 2.75) is 38.5 Å². The maximum atomic E-state index is 4.54. The van der Waals surface area contributed by atoms with Crippen LogP contribution in [0.4, 0.5) is 0 Å². The first-order valence-corrected chi connectivity index (χ1v) is 6.21. The highest BCUT2D eigenvalue weighted by atomic mass is 32.1. The van der Waals surface area contributed by atoms with E-state index < -0.39 is 0 Å². The van der Waals surface area contributed by atoms with Gasteiger partial charge in [-0.1, -0.05) is 44.3 Å². The van der Waals surface area contributed by atoms with Crippen LogP contribution in [0.25, 0.3) is 0 Å². The molecule has 0 aromatic rings. The third-order valence-electron chi connectivity index (χ3n) is 3.41. The minimum Gasteiger partial charge on any atom is -0.396 e. The molecule has 1 saturated heterocycles.